The van der Waals surface area contributed by atoms with Gasteiger partial charge in [0.15, 0.2) is 6.61 Å². The van der Waals surface area contributed by atoms with E-state index in [9.17, 15) is 9.59 Å². The lowest BCUT2D eigenvalue weighted by Gasteiger charge is -2.13. The van der Waals surface area contributed by atoms with Gasteiger partial charge in [-0.15, -0.1) is 0 Å². The van der Waals surface area contributed by atoms with Gasteiger partial charge in [0.2, 0.25) is 0 Å². The third kappa shape index (κ3) is 4.68. The predicted octanol–water partition coefficient (Wildman–Crippen LogP) is 3.41. The minimum atomic E-state index is -0.229. The monoisotopic (exact) mass is 384 g/mol. The second kappa shape index (κ2) is 8.73. The van der Waals surface area contributed by atoms with Gasteiger partial charge in [-0.1, -0.05) is 35.9 Å². The van der Waals surface area contributed by atoms with E-state index in [0.29, 0.717) is 30.3 Å². The van der Waals surface area contributed by atoms with Crippen molar-refractivity contribution in [1.29, 1.82) is 0 Å². The van der Waals surface area contributed by atoms with Crippen LogP contribution in [0.25, 0.3) is 10.9 Å². The maximum absolute atomic E-state index is 12.3. The Labute approximate surface area is 162 Å². The smallest absolute Gasteiger partial charge is 0.257 e. The zero-order chi connectivity index (χ0) is 19.2. The van der Waals surface area contributed by atoms with Gasteiger partial charge < -0.3 is 14.6 Å². The van der Waals surface area contributed by atoms with Gasteiger partial charge in [0, 0.05) is 29.6 Å². The van der Waals surface area contributed by atoms with Gasteiger partial charge in [0.1, 0.15) is 5.75 Å². The fourth-order valence-electron chi connectivity index (χ4n) is 2.94. The first-order valence-corrected chi connectivity index (χ1v) is 9.23. The van der Waals surface area contributed by atoms with E-state index in [0.717, 1.165) is 16.5 Å². The van der Waals surface area contributed by atoms with Crippen molar-refractivity contribution in [2.45, 2.75) is 19.9 Å². The summed E-state index contributed by atoms with van der Waals surface area (Å²) in [4.78, 5) is 24.3. The molecule has 1 heterocycles. The summed E-state index contributed by atoms with van der Waals surface area (Å²) < 4.78 is 7.31. The molecule has 6 heteroatoms. The average Bonchev–Trinajstić information content (AvgIpc) is 2.68. The number of aromatic nitrogens is 1. The molecule has 0 saturated carbocycles. The van der Waals surface area contributed by atoms with E-state index in [-0.39, 0.29) is 18.1 Å². The molecule has 0 saturated heterocycles. The highest BCUT2D eigenvalue weighted by molar-refractivity contribution is 6.30. The Kier molecular flexibility index (Phi) is 6.14. The molecule has 140 valence electrons. The largest absolute Gasteiger partial charge is 0.483 e. The zero-order valence-corrected chi connectivity index (χ0v) is 15.8. The number of carbonyl (C=O) groups excluding carboxylic acids is 1. The molecule has 0 spiro atoms. The number of pyridine rings is 1. The van der Waals surface area contributed by atoms with E-state index in [1.54, 1.807) is 4.57 Å². The SMILES string of the molecule is CCn1c(=O)cc(OCC(=O)NCCc2ccc(Cl)cc2)c2ccccc21. The number of hydrogen-bond acceptors (Lipinski definition) is 3. The third-order valence-electron chi connectivity index (χ3n) is 4.30. The molecule has 1 aromatic heterocycles. The molecule has 27 heavy (non-hydrogen) atoms. The molecule has 2 aromatic carbocycles. The van der Waals surface area contributed by atoms with Crippen LogP contribution in [0.3, 0.4) is 0 Å². The van der Waals surface area contributed by atoms with Crippen molar-refractivity contribution in [3.63, 3.8) is 0 Å². The van der Waals surface area contributed by atoms with E-state index in [2.05, 4.69) is 5.32 Å². The summed E-state index contributed by atoms with van der Waals surface area (Å²) >= 11 is 5.86. The fourth-order valence-corrected chi connectivity index (χ4v) is 3.07. The van der Waals surface area contributed by atoms with Gasteiger partial charge in [-0.3, -0.25) is 9.59 Å². The van der Waals surface area contributed by atoms with Crippen molar-refractivity contribution in [2.75, 3.05) is 13.2 Å². The van der Waals surface area contributed by atoms with Crippen molar-refractivity contribution in [2.24, 2.45) is 0 Å². The number of aryl methyl sites for hydroxylation is 1. The topological polar surface area (TPSA) is 60.3 Å². The summed E-state index contributed by atoms with van der Waals surface area (Å²) in [6.45, 7) is 2.86. The van der Waals surface area contributed by atoms with Gasteiger partial charge >= 0.3 is 0 Å². The highest BCUT2D eigenvalue weighted by atomic mass is 35.5. The molecule has 0 radical (unpaired) electrons. The van der Waals surface area contributed by atoms with E-state index < -0.39 is 0 Å². The summed E-state index contributed by atoms with van der Waals surface area (Å²) in [6.07, 6.45) is 0.707. The van der Waals surface area contributed by atoms with Crippen molar-refractivity contribution in [3.05, 3.63) is 75.5 Å². The Morgan fingerprint density at radius 1 is 1.15 bits per heavy atom. The van der Waals surface area contributed by atoms with Crippen LogP contribution in [0.4, 0.5) is 0 Å². The number of nitrogens with zero attached hydrogens (tertiary/aromatic N) is 1. The molecule has 1 amide bonds. The van der Waals surface area contributed by atoms with Crippen LogP contribution >= 0.6 is 11.6 Å². The van der Waals surface area contributed by atoms with Crippen molar-refractivity contribution < 1.29 is 9.53 Å². The Hall–Kier alpha value is -2.79. The summed E-state index contributed by atoms with van der Waals surface area (Å²) in [7, 11) is 0. The lowest BCUT2D eigenvalue weighted by molar-refractivity contribution is -0.123. The van der Waals surface area contributed by atoms with Crippen LogP contribution in [0.1, 0.15) is 12.5 Å². The number of rotatable bonds is 7. The number of benzene rings is 2. The molecule has 0 bridgehead atoms. The summed E-state index contributed by atoms with van der Waals surface area (Å²) in [5.41, 5.74) is 1.75. The highest BCUT2D eigenvalue weighted by Gasteiger charge is 2.10. The van der Waals surface area contributed by atoms with Gasteiger partial charge in [-0.2, -0.15) is 0 Å². The first kappa shape index (κ1) is 19.0. The highest BCUT2D eigenvalue weighted by Crippen LogP contribution is 2.23. The molecular weight excluding hydrogens is 364 g/mol. The molecule has 1 N–H and O–H groups in total. The predicted molar refractivity (Wildman–Crippen MR) is 108 cm³/mol. The summed E-state index contributed by atoms with van der Waals surface area (Å²) in [6, 6.07) is 16.5. The molecule has 0 fully saturated rings. The quantitative estimate of drug-likeness (QED) is 0.679. The summed E-state index contributed by atoms with van der Waals surface area (Å²) in [5.74, 6) is 0.195. The molecule has 0 aliphatic heterocycles. The molecule has 5 nitrogen and oxygen atoms in total. The van der Waals surface area contributed by atoms with Crippen LogP contribution in [0.2, 0.25) is 5.02 Å². The van der Waals surface area contributed by atoms with Crippen LogP contribution in [0, 0.1) is 0 Å². The van der Waals surface area contributed by atoms with Crippen molar-refractivity contribution in [1.82, 2.24) is 9.88 Å². The zero-order valence-electron chi connectivity index (χ0n) is 15.1. The van der Waals surface area contributed by atoms with Gasteiger partial charge in [-0.25, -0.2) is 0 Å². The van der Waals surface area contributed by atoms with E-state index >= 15 is 0 Å². The summed E-state index contributed by atoms with van der Waals surface area (Å²) in [5, 5.41) is 4.32. The Morgan fingerprint density at radius 2 is 1.89 bits per heavy atom. The molecule has 0 aliphatic rings. The number of hydrogen-bond donors (Lipinski definition) is 1. The van der Waals surface area contributed by atoms with Gasteiger partial charge in [0.05, 0.1) is 5.52 Å². The van der Waals surface area contributed by atoms with Gasteiger partial charge in [0.25, 0.3) is 11.5 Å². The standard InChI is InChI=1S/C21H21ClN2O3/c1-2-24-18-6-4-3-5-17(18)19(13-21(24)26)27-14-20(25)23-12-11-15-7-9-16(22)10-8-15/h3-10,13H,2,11-12,14H2,1H3,(H,23,25). The maximum Gasteiger partial charge on any atom is 0.257 e. The van der Waals surface area contributed by atoms with E-state index in [1.807, 2.05) is 55.5 Å². The number of halogens is 1. The maximum atomic E-state index is 12.3. The Bertz CT molecular complexity index is 996. The van der Waals surface area contributed by atoms with E-state index in [1.165, 1.54) is 6.07 Å². The fraction of sp³-hybridized carbons (Fsp3) is 0.238. The number of para-hydroxylation sites is 1. The van der Waals surface area contributed by atoms with Crippen LogP contribution in [0.15, 0.2) is 59.4 Å². The minimum absolute atomic E-state index is 0.139. The number of amides is 1. The second-order valence-electron chi connectivity index (χ2n) is 6.12. The number of carbonyl (C=O) groups is 1. The molecular formula is C21H21ClN2O3. The Morgan fingerprint density at radius 3 is 2.63 bits per heavy atom. The number of nitrogens with one attached hydrogen (secondary N) is 1. The number of fused-ring (bicyclic) bond motifs is 1. The average molecular weight is 385 g/mol. The van der Waals surface area contributed by atoms with Crippen LogP contribution in [-0.4, -0.2) is 23.6 Å². The molecule has 3 rings (SSSR count). The third-order valence-corrected chi connectivity index (χ3v) is 4.56. The molecule has 0 atom stereocenters. The lowest BCUT2D eigenvalue weighted by atomic mass is 10.1. The van der Waals surface area contributed by atoms with Gasteiger partial charge in [-0.05, 0) is 43.2 Å². The van der Waals surface area contributed by atoms with Crippen molar-refractivity contribution >= 4 is 28.4 Å². The Balaban J connectivity index is 1.60. The minimum Gasteiger partial charge on any atom is -0.483 e. The first-order chi connectivity index (χ1) is 13.1. The lowest BCUT2D eigenvalue weighted by Crippen LogP contribution is -2.31. The second-order valence-corrected chi connectivity index (χ2v) is 6.56. The molecule has 0 aliphatic carbocycles. The van der Waals surface area contributed by atoms with Crippen LogP contribution in [0.5, 0.6) is 5.75 Å². The normalized spacial score (nSPS) is 10.7. The van der Waals surface area contributed by atoms with Crippen LogP contribution in [-0.2, 0) is 17.8 Å². The van der Waals surface area contributed by atoms with Crippen LogP contribution < -0.4 is 15.6 Å². The van der Waals surface area contributed by atoms with E-state index in [4.69, 9.17) is 16.3 Å². The number of ether oxygens (including phenoxy) is 1. The van der Waals surface area contributed by atoms with Crippen molar-refractivity contribution in [3.8, 4) is 5.75 Å². The first-order valence-electron chi connectivity index (χ1n) is 8.85. The molecule has 3 aromatic rings. The molecule has 0 unspecified atom stereocenters.